The van der Waals surface area contributed by atoms with E-state index in [0.29, 0.717) is 10.9 Å². The average molecular weight is 317 g/mol. The zero-order chi connectivity index (χ0) is 16.3. The monoisotopic (exact) mass is 317 g/mol. The number of nitrogens with zero attached hydrogens (tertiary/aromatic N) is 2. The lowest BCUT2D eigenvalue weighted by molar-refractivity contribution is -0.115. The molecular weight excluding hydrogens is 298 g/mol. The number of benzene rings is 1. The molecule has 1 aromatic heterocycles. The van der Waals surface area contributed by atoms with Gasteiger partial charge in [0.1, 0.15) is 0 Å². The molecule has 0 aliphatic rings. The third-order valence-electron chi connectivity index (χ3n) is 3.19. The fourth-order valence-corrected chi connectivity index (χ4v) is 2.75. The Balaban J connectivity index is 2.08. The van der Waals surface area contributed by atoms with Gasteiger partial charge in [-0.1, -0.05) is 29.5 Å². The molecule has 0 bridgehead atoms. The van der Waals surface area contributed by atoms with Gasteiger partial charge in [0.2, 0.25) is 5.91 Å². The average Bonchev–Trinajstić information content (AvgIpc) is 2.46. The molecule has 1 unspecified atom stereocenters. The van der Waals surface area contributed by atoms with Gasteiger partial charge in [-0.2, -0.15) is 0 Å². The van der Waals surface area contributed by atoms with Gasteiger partial charge in [0.25, 0.3) is 5.56 Å². The first-order valence-electron chi connectivity index (χ1n) is 6.95. The molecule has 22 heavy (non-hydrogen) atoms. The van der Waals surface area contributed by atoms with Crippen molar-refractivity contribution in [2.75, 3.05) is 5.32 Å². The summed E-state index contributed by atoms with van der Waals surface area (Å²) in [5, 5.41) is 3.04. The van der Waals surface area contributed by atoms with Gasteiger partial charge in [-0.15, -0.1) is 0 Å². The van der Waals surface area contributed by atoms with E-state index in [1.54, 1.807) is 20.9 Å². The van der Waals surface area contributed by atoms with Crippen molar-refractivity contribution in [3.05, 3.63) is 51.9 Å². The molecule has 1 atom stereocenters. The zero-order valence-electron chi connectivity index (χ0n) is 13.1. The van der Waals surface area contributed by atoms with E-state index in [1.807, 2.05) is 31.2 Å². The van der Waals surface area contributed by atoms with Crippen LogP contribution < -0.4 is 10.9 Å². The zero-order valence-corrected chi connectivity index (χ0v) is 13.9. The van der Waals surface area contributed by atoms with Crippen LogP contribution in [0.4, 0.5) is 5.69 Å². The van der Waals surface area contributed by atoms with Gasteiger partial charge in [0.05, 0.1) is 5.25 Å². The lowest BCUT2D eigenvalue weighted by Gasteiger charge is -2.13. The minimum absolute atomic E-state index is 0.121. The predicted molar refractivity (Wildman–Crippen MR) is 89.3 cm³/mol. The normalized spacial score (nSPS) is 12.0. The number of aromatic nitrogens is 2. The number of rotatable bonds is 4. The van der Waals surface area contributed by atoms with Crippen LogP contribution >= 0.6 is 11.8 Å². The van der Waals surface area contributed by atoms with E-state index in [-0.39, 0.29) is 16.7 Å². The fraction of sp³-hybridized carbons (Fsp3) is 0.312. The predicted octanol–water partition coefficient (Wildman–Crippen LogP) is 2.52. The maximum Gasteiger partial charge on any atom is 0.254 e. The van der Waals surface area contributed by atoms with Gasteiger partial charge in [-0.3, -0.25) is 14.2 Å². The Morgan fingerprint density at radius 2 is 1.91 bits per heavy atom. The van der Waals surface area contributed by atoms with Crippen molar-refractivity contribution >= 4 is 23.4 Å². The highest BCUT2D eigenvalue weighted by Crippen LogP contribution is 2.21. The smallest absolute Gasteiger partial charge is 0.254 e. The highest BCUT2D eigenvalue weighted by atomic mass is 32.2. The van der Waals surface area contributed by atoms with E-state index >= 15 is 0 Å². The summed E-state index contributed by atoms with van der Waals surface area (Å²) in [6.45, 7) is 5.55. The number of hydrogen-bond acceptors (Lipinski definition) is 4. The number of aryl methyl sites for hydroxylation is 2. The molecule has 0 spiro atoms. The first-order chi connectivity index (χ1) is 10.4. The molecule has 0 fully saturated rings. The molecule has 1 amide bonds. The molecular formula is C16H19N3O2S. The van der Waals surface area contributed by atoms with E-state index in [2.05, 4.69) is 10.3 Å². The largest absolute Gasteiger partial charge is 0.325 e. The van der Waals surface area contributed by atoms with Crippen molar-refractivity contribution in [1.29, 1.82) is 0 Å². The van der Waals surface area contributed by atoms with E-state index in [0.717, 1.165) is 11.3 Å². The number of thioether (sulfide) groups is 1. The summed E-state index contributed by atoms with van der Waals surface area (Å²) in [6, 6.07) is 9.09. The first-order valence-corrected chi connectivity index (χ1v) is 7.83. The van der Waals surface area contributed by atoms with Crippen molar-refractivity contribution in [3.63, 3.8) is 0 Å². The second kappa shape index (κ2) is 6.79. The Kier molecular flexibility index (Phi) is 5.03. The fourth-order valence-electron chi connectivity index (χ4n) is 1.83. The van der Waals surface area contributed by atoms with Gasteiger partial charge >= 0.3 is 0 Å². The van der Waals surface area contributed by atoms with Crippen LogP contribution in [-0.4, -0.2) is 20.7 Å². The van der Waals surface area contributed by atoms with Gasteiger partial charge in [0, 0.05) is 24.5 Å². The van der Waals surface area contributed by atoms with Crippen molar-refractivity contribution < 1.29 is 4.79 Å². The second-order valence-corrected chi connectivity index (χ2v) is 6.50. The Labute approximate surface area is 133 Å². The van der Waals surface area contributed by atoms with Gasteiger partial charge in [-0.25, -0.2) is 4.98 Å². The van der Waals surface area contributed by atoms with Crippen LogP contribution in [0.3, 0.4) is 0 Å². The number of anilines is 1. The summed E-state index contributed by atoms with van der Waals surface area (Å²) in [5.41, 5.74) is 2.42. The number of nitrogens with one attached hydrogen (secondary N) is 1. The molecule has 0 radical (unpaired) electrons. The number of amides is 1. The second-order valence-electron chi connectivity index (χ2n) is 5.19. The van der Waals surface area contributed by atoms with Crippen LogP contribution in [0.2, 0.25) is 0 Å². The number of carbonyl (C=O) groups is 1. The summed E-state index contributed by atoms with van der Waals surface area (Å²) in [7, 11) is 1.65. The van der Waals surface area contributed by atoms with Crippen LogP contribution in [0.5, 0.6) is 0 Å². The molecule has 1 heterocycles. The van der Waals surface area contributed by atoms with Crippen LogP contribution in [-0.2, 0) is 11.8 Å². The molecule has 2 rings (SSSR count). The van der Waals surface area contributed by atoms with Gasteiger partial charge in [0.15, 0.2) is 5.16 Å². The van der Waals surface area contributed by atoms with Crippen molar-refractivity contribution in [1.82, 2.24) is 9.55 Å². The maximum absolute atomic E-state index is 12.2. The summed E-state index contributed by atoms with van der Waals surface area (Å²) >= 11 is 1.27. The molecule has 0 aliphatic heterocycles. The van der Waals surface area contributed by atoms with E-state index < -0.39 is 0 Å². The van der Waals surface area contributed by atoms with Gasteiger partial charge < -0.3 is 5.32 Å². The summed E-state index contributed by atoms with van der Waals surface area (Å²) in [5.74, 6) is -0.121. The highest BCUT2D eigenvalue weighted by molar-refractivity contribution is 8.00. The summed E-state index contributed by atoms with van der Waals surface area (Å²) < 4.78 is 1.45. The summed E-state index contributed by atoms with van der Waals surface area (Å²) in [4.78, 5) is 28.3. The SMILES string of the molecule is Cc1ccc(NC(=O)C(C)Sc2nc(C)cc(=O)n2C)cc1. The molecule has 6 heteroatoms. The molecule has 0 saturated carbocycles. The summed E-state index contributed by atoms with van der Waals surface area (Å²) in [6.07, 6.45) is 0. The van der Waals surface area contributed by atoms with E-state index in [1.165, 1.54) is 22.4 Å². The minimum atomic E-state index is -0.360. The molecule has 5 nitrogen and oxygen atoms in total. The molecule has 1 N–H and O–H groups in total. The van der Waals surface area contributed by atoms with Crippen LogP contribution in [0.1, 0.15) is 18.2 Å². The van der Waals surface area contributed by atoms with Crippen molar-refractivity contribution in [3.8, 4) is 0 Å². The quantitative estimate of drug-likeness (QED) is 0.695. The topological polar surface area (TPSA) is 64.0 Å². The van der Waals surface area contributed by atoms with Crippen molar-refractivity contribution in [2.45, 2.75) is 31.2 Å². The Morgan fingerprint density at radius 1 is 1.27 bits per heavy atom. The van der Waals surface area contributed by atoms with Gasteiger partial charge in [-0.05, 0) is 32.9 Å². The third-order valence-corrected chi connectivity index (χ3v) is 4.34. The van der Waals surface area contributed by atoms with E-state index in [9.17, 15) is 9.59 Å². The molecule has 116 valence electrons. The van der Waals surface area contributed by atoms with Crippen LogP contribution in [0, 0.1) is 13.8 Å². The lowest BCUT2D eigenvalue weighted by atomic mass is 10.2. The van der Waals surface area contributed by atoms with E-state index in [4.69, 9.17) is 0 Å². The standard InChI is InChI=1S/C16H19N3O2S/c1-10-5-7-13(8-6-10)18-15(21)12(3)22-16-17-11(2)9-14(20)19(16)4/h5-9,12H,1-4H3,(H,18,21). The molecule has 2 aromatic rings. The maximum atomic E-state index is 12.2. The lowest BCUT2D eigenvalue weighted by Crippen LogP contribution is -2.25. The third kappa shape index (κ3) is 3.98. The van der Waals surface area contributed by atoms with Crippen LogP contribution in [0.25, 0.3) is 0 Å². The highest BCUT2D eigenvalue weighted by Gasteiger charge is 2.17. The van der Waals surface area contributed by atoms with Crippen molar-refractivity contribution in [2.24, 2.45) is 7.05 Å². The first kappa shape index (κ1) is 16.3. The Hall–Kier alpha value is -2.08. The number of hydrogen-bond donors (Lipinski definition) is 1. The Bertz CT molecular complexity index is 738. The minimum Gasteiger partial charge on any atom is -0.325 e. The van der Waals surface area contributed by atoms with Crippen LogP contribution in [0.15, 0.2) is 40.3 Å². The molecule has 1 aromatic carbocycles. The number of carbonyl (C=O) groups excluding carboxylic acids is 1. The Morgan fingerprint density at radius 3 is 2.55 bits per heavy atom. The molecule has 0 aliphatic carbocycles. The molecule has 0 saturated heterocycles.